The first kappa shape index (κ1) is 16.0. The number of benzene rings is 1. The van der Waals surface area contributed by atoms with E-state index in [0.29, 0.717) is 12.5 Å². The zero-order valence-corrected chi connectivity index (χ0v) is 12.5. The zero-order valence-electron chi connectivity index (χ0n) is 12.5. The van der Waals surface area contributed by atoms with Crippen LogP contribution in [0.2, 0.25) is 0 Å². The van der Waals surface area contributed by atoms with Crippen molar-refractivity contribution in [2.24, 2.45) is 0 Å². The molecule has 0 fully saturated rings. The molecular weight excluding hydrogens is 254 g/mol. The van der Waals surface area contributed by atoms with Crippen LogP contribution in [0.5, 0.6) is 0 Å². The Bertz CT molecular complexity index is 472. The lowest BCUT2D eigenvalue weighted by molar-refractivity contribution is -0.120. The Balaban J connectivity index is 2.68. The molecule has 1 unspecified atom stereocenters. The second-order valence-electron chi connectivity index (χ2n) is 4.96. The summed E-state index contributed by atoms with van der Waals surface area (Å²) >= 11 is 0. The number of amides is 3. The number of carbonyl (C=O) groups excluding carboxylic acids is 2. The van der Waals surface area contributed by atoms with Crippen LogP contribution in [0.15, 0.2) is 24.3 Å². The Kier molecular flexibility index (Phi) is 6.03. The van der Waals surface area contributed by atoms with E-state index in [1.807, 2.05) is 24.3 Å². The molecule has 0 saturated heterocycles. The van der Waals surface area contributed by atoms with Crippen molar-refractivity contribution in [1.82, 2.24) is 10.6 Å². The van der Waals surface area contributed by atoms with Crippen molar-refractivity contribution in [1.29, 1.82) is 0 Å². The lowest BCUT2D eigenvalue weighted by Gasteiger charge is -2.19. The number of rotatable bonds is 5. The minimum atomic E-state index is -0.488. The molecule has 1 atom stereocenters. The van der Waals surface area contributed by atoms with E-state index in [2.05, 4.69) is 29.8 Å². The van der Waals surface area contributed by atoms with E-state index in [-0.39, 0.29) is 5.91 Å². The molecule has 0 aromatic heterocycles. The molecular formula is C15H23N3O2. The van der Waals surface area contributed by atoms with Crippen molar-refractivity contribution >= 4 is 17.6 Å². The lowest BCUT2D eigenvalue weighted by Crippen LogP contribution is -2.45. The number of urea groups is 1. The third-order valence-electron chi connectivity index (χ3n) is 2.92. The Hall–Kier alpha value is -2.04. The smallest absolute Gasteiger partial charge is 0.321 e. The van der Waals surface area contributed by atoms with Gasteiger partial charge in [-0.05, 0) is 31.4 Å². The van der Waals surface area contributed by atoms with Crippen molar-refractivity contribution in [3.63, 3.8) is 0 Å². The minimum Gasteiger partial charge on any atom is -0.374 e. The number of para-hydroxylation sites is 1. The van der Waals surface area contributed by atoms with Crippen LogP contribution in [0.25, 0.3) is 0 Å². The summed E-state index contributed by atoms with van der Waals surface area (Å²) in [5.74, 6) is 0.00635. The largest absolute Gasteiger partial charge is 0.374 e. The third kappa shape index (κ3) is 4.57. The second-order valence-corrected chi connectivity index (χ2v) is 4.96. The highest BCUT2D eigenvalue weighted by atomic mass is 16.2. The lowest BCUT2D eigenvalue weighted by atomic mass is 10.0. The fraction of sp³-hybridized carbons (Fsp3) is 0.467. The van der Waals surface area contributed by atoms with Crippen molar-refractivity contribution in [2.75, 3.05) is 11.9 Å². The van der Waals surface area contributed by atoms with Crippen LogP contribution >= 0.6 is 0 Å². The first-order valence-electron chi connectivity index (χ1n) is 6.89. The van der Waals surface area contributed by atoms with E-state index in [9.17, 15) is 9.59 Å². The quantitative estimate of drug-likeness (QED) is 0.774. The summed E-state index contributed by atoms with van der Waals surface area (Å²) in [6.45, 7) is 8.20. The monoisotopic (exact) mass is 277 g/mol. The Morgan fingerprint density at radius 2 is 1.80 bits per heavy atom. The van der Waals surface area contributed by atoms with Gasteiger partial charge in [0.25, 0.3) is 0 Å². The summed E-state index contributed by atoms with van der Waals surface area (Å²) < 4.78 is 0. The molecule has 0 aliphatic carbocycles. The molecule has 0 aliphatic rings. The van der Waals surface area contributed by atoms with Gasteiger partial charge in [0.05, 0.1) is 0 Å². The summed E-state index contributed by atoms with van der Waals surface area (Å²) in [6.07, 6.45) is 0. The Labute approximate surface area is 120 Å². The van der Waals surface area contributed by atoms with Crippen LogP contribution in [-0.4, -0.2) is 24.5 Å². The molecule has 1 aromatic rings. The summed E-state index contributed by atoms with van der Waals surface area (Å²) in [6, 6.07) is 6.90. The Morgan fingerprint density at radius 1 is 1.15 bits per heavy atom. The van der Waals surface area contributed by atoms with Gasteiger partial charge < -0.3 is 10.6 Å². The number of carbonyl (C=O) groups is 2. The predicted octanol–water partition coefficient (Wildman–Crippen LogP) is 2.46. The Morgan fingerprint density at radius 3 is 2.40 bits per heavy atom. The first-order valence-corrected chi connectivity index (χ1v) is 6.89. The van der Waals surface area contributed by atoms with Gasteiger partial charge in [-0.15, -0.1) is 0 Å². The third-order valence-corrected chi connectivity index (χ3v) is 2.92. The van der Waals surface area contributed by atoms with Gasteiger partial charge in [0, 0.05) is 12.2 Å². The van der Waals surface area contributed by atoms with Crippen LogP contribution in [0.1, 0.15) is 39.2 Å². The fourth-order valence-corrected chi connectivity index (χ4v) is 1.86. The van der Waals surface area contributed by atoms with Crippen LogP contribution < -0.4 is 16.0 Å². The van der Waals surface area contributed by atoms with Gasteiger partial charge in [0.1, 0.15) is 6.04 Å². The number of nitrogens with one attached hydrogen (secondary N) is 3. The molecule has 20 heavy (non-hydrogen) atoms. The standard InChI is InChI=1S/C15H23N3O2/c1-5-16-15(20)18-14(19)11(4)17-13-9-7-6-8-12(13)10(2)3/h6-11,17H,5H2,1-4H3,(H2,16,18,19,20). The van der Waals surface area contributed by atoms with Crippen LogP contribution in [0.3, 0.4) is 0 Å². The first-order chi connectivity index (χ1) is 9.45. The molecule has 3 N–H and O–H groups in total. The van der Waals surface area contributed by atoms with Gasteiger partial charge in [-0.3, -0.25) is 10.1 Å². The summed E-state index contributed by atoms with van der Waals surface area (Å²) in [7, 11) is 0. The average Bonchev–Trinajstić information content (AvgIpc) is 2.39. The number of anilines is 1. The van der Waals surface area contributed by atoms with Gasteiger partial charge in [0.15, 0.2) is 0 Å². The normalized spacial score (nSPS) is 11.8. The van der Waals surface area contributed by atoms with Crippen LogP contribution in [-0.2, 0) is 4.79 Å². The van der Waals surface area contributed by atoms with E-state index in [0.717, 1.165) is 11.3 Å². The van der Waals surface area contributed by atoms with E-state index in [4.69, 9.17) is 0 Å². The van der Waals surface area contributed by atoms with Gasteiger partial charge >= 0.3 is 6.03 Å². The molecule has 0 radical (unpaired) electrons. The highest BCUT2D eigenvalue weighted by molar-refractivity contribution is 5.98. The molecule has 0 saturated carbocycles. The van der Waals surface area contributed by atoms with Crippen LogP contribution in [0, 0.1) is 0 Å². The molecule has 0 bridgehead atoms. The molecule has 110 valence electrons. The maximum absolute atomic E-state index is 11.9. The van der Waals surface area contributed by atoms with E-state index < -0.39 is 12.1 Å². The maximum Gasteiger partial charge on any atom is 0.321 e. The van der Waals surface area contributed by atoms with Gasteiger partial charge in [-0.25, -0.2) is 4.79 Å². The molecule has 3 amide bonds. The zero-order chi connectivity index (χ0) is 15.1. The highest BCUT2D eigenvalue weighted by Crippen LogP contribution is 2.24. The average molecular weight is 277 g/mol. The highest BCUT2D eigenvalue weighted by Gasteiger charge is 2.16. The summed E-state index contributed by atoms with van der Waals surface area (Å²) in [4.78, 5) is 23.2. The molecule has 5 heteroatoms. The van der Waals surface area contributed by atoms with Gasteiger partial charge in [0.2, 0.25) is 5.91 Å². The van der Waals surface area contributed by atoms with Crippen molar-refractivity contribution in [3.8, 4) is 0 Å². The number of hydrogen-bond donors (Lipinski definition) is 3. The van der Waals surface area contributed by atoms with E-state index in [1.165, 1.54) is 0 Å². The van der Waals surface area contributed by atoms with Gasteiger partial charge in [-0.1, -0.05) is 32.0 Å². The molecule has 0 heterocycles. The summed E-state index contributed by atoms with van der Waals surface area (Å²) in [5.41, 5.74) is 2.06. The molecule has 0 spiro atoms. The predicted molar refractivity (Wildman–Crippen MR) is 80.8 cm³/mol. The molecule has 0 aliphatic heterocycles. The minimum absolute atomic E-state index is 0.352. The number of hydrogen-bond acceptors (Lipinski definition) is 3. The maximum atomic E-state index is 11.9. The SMILES string of the molecule is CCNC(=O)NC(=O)C(C)Nc1ccccc1C(C)C. The van der Waals surface area contributed by atoms with E-state index in [1.54, 1.807) is 13.8 Å². The number of imide groups is 1. The van der Waals surface area contributed by atoms with Crippen molar-refractivity contribution in [2.45, 2.75) is 39.7 Å². The molecule has 1 aromatic carbocycles. The van der Waals surface area contributed by atoms with Crippen molar-refractivity contribution in [3.05, 3.63) is 29.8 Å². The van der Waals surface area contributed by atoms with Crippen molar-refractivity contribution < 1.29 is 9.59 Å². The fourth-order valence-electron chi connectivity index (χ4n) is 1.86. The summed E-state index contributed by atoms with van der Waals surface area (Å²) in [5, 5.41) is 7.97. The second kappa shape index (κ2) is 7.53. The molecule has 5 nitrogen and oxygen atoms in total. The van der Waals surface area contributed by atoms with E-state index >= 15 is 0 Å². The topological polar surface area (TPSA) is 70.2 Å². The molecule has 1 rings (SSSR count). The van der Waals surface area contributed by atoms with Crippen LogP contribution in [0.4, 0.5) is 10.5 Å². The van der Waals surface area contributed by atoms with Gasteiger partial charge in [-0.2, -0.15) is 0 Å².